The second-order valence-electron chi connectivity index (χ2n) is 10.00. The highest BCUT2D eigenvalue weighted by atomic mass is 15.5. The van der Waals surface area contributed by atoms with Crippen LogP contribution < -0.4 is 5.01 Å². The minimum atomic E-state index is 0.156. The molecule has 2 heterocycles. The fourth-order valence-electron chi connectivity index (χ4n) is 5.24. The number of imidazole rings is 1. The number of rotatable bonds is 9. The molecule has 5 nitrogen and oxygen atoms in total. The number of para-hydroxylation sites is 2. The summed E-state index contributed by atoms with van der Waals surface area (Å²) in [5, 5.41) is 7.24. The number of benzene rings is 4. The molecule has 39 heavy (non-hydrogen) atoms. The molecule has 1 atom stereocenters. The Morgan fingerprint density at radius 1 is 0.821 bits per heavy atom. The average molecular weight is 512 g/mol. The first-order valence-corrected chi connectivity index (χ1v) is 13.9. The van der Waals surface area contributed by atoms with Crippen molar-refractivity contribution in [3.05, 3.63) is 126 Å². The van der Waals surface area contributed by atoms with Crippen LogP contribution in [0.25, 0.3) is 11.0 Å². The summed E-state index contributed by atoms with van der Waals surface area (Å²) in [6.07, 6.45) is 6.30. The molecule has 4 aromatic carbocycles. The molecule has 1 unspecified atom stereocenters. The van der Waals surface area contributed by atoms with E-state index in [1.165, 1.54) is 24.0 Å². The molecule has 0 N–H and O–H groups in total. The van der Waals surface area contributed by atoms with E-state index in [1.54, 1.807) is 0 Å². The van der Waals surface area contributed by atoms with Crippen LogP contribution in [0.4, 0.5) is 11.6 Å². The lowest BCUT2D eigenvalue weighted by Gasteiger charge is -2.24. The third-order valence-corrected chi connectivity index (χ3v) is 7.31. The normalized spacial score (nSPS) is 15.4. The van der Waals surface area contributed by atoms with Crippen molar-refractivity contribution in [1.82, 2.24) is 9.55 Å². The minimum Gasteiger partial charge on any atom is -0.308 e. The molecule has 0 amide bonds. The summed E-state index contributed by atoms with van der Waals surface area (Å²) in [4.78, 5) is 9.63. The van der Waals surface area contributed by atoms with E-state index < -0.39 is 0 Å². The van der Waals surface area contributed by atoms with Crippen LogP contribution in [-0.4, -0.2) is 21.5 Å². The summed E-state index contributed by atoms with van der Waals surface area (Å²) in [6.45, 7) is 3.16. The molecule has 0 saturated carbocycles. The zero-order valence-electron chi connectivity index (χ0n) is 22.3. The maximum absolute atomic E-state index is 5.08. The molecule has 194 valence electrons. The number of fused-ring (bicyclic) bond motifs is 1. The number of anilines is 1. The fourth-order valence-corrected chi connectivity index (χ4v) is 5.24. The van der Waals surface area contributed by atoms with E-state index in [9.17, 15) is 0 Å². The zero-order valence-corrected chi connectivity index (χ0v) is 22.3. The molecule has 0 aliphatic carbocycles. The van der Waals surface area contributed by atoms with Crippen LogP contribution >= 0.6 is 0 Å². The molecule has 1 aliphatic rings. The van der Waals surface area contributed by atoms with Crippen LogP contribution in [0.5, 0.6) is 0 Å². The zero-order chi connectivity index (χ0) is 26.4. The van der Waals surface area contributed by atoms with Gasteiger partial charge in [-0.15, -0.1) is 0 Å². The average Bonchev–Trinajstić information content (AvgIpc) is 3.60. The van der Waals surface area contributed by atoms with Crippen LogP contribution in [0.3, 0.4) is 0 Å². The van der Waals surface area contributed by atoms with Gasteiger partial charge in [-0.2, -0.15) is 5.10 Å². The molecule has 6 rings (SSSR count). The maximum atomic E-state index is 5.08. The smallest absolute Gasteiger partial charge is 0.230 e. The minimum absolute atomic E-state index is 0.156. The number of nitrogens with zero attached hydrogens (tertiary/aromatic N) is 5. The van der Waals surface area contributed by atoms with Gasteiger partial charge in [0.15, 0.2) is 0 Å². The van der Waals surface area contributed by atoms with Gasteiger partial charge in [-0.25, -0.2) is 9.98 Å². The fraction of sp³-hybridized carbons (Fsp3) is 0.206. The lowest BCUT2D eigenvalue weighted by molar-refractivity contribution is 0.616. The first-order chi connectivity index (χ1) is 19.3. The Morgan fingerprint density at radius 2 is 1.54 bits per heavy atom. The van der Waals surface area contributed by atoms with E-state index in [0.29, 0.717) is 0 Å². The molecule has 0 fully saturated rings. The molecule has 0 spiro atoms. The first-order valence-electron chi connectivity index (χ1n) is 13.9. The predicted molar refractivity (Wildman–Crippen MR) is 162 cm³/mol. The Hall–Kier alpha value is -4.51. The first kappa shape index (κ1) is 24.8. The highest BCUT2D eigenvalue weighted by molar-refractivity contribution is 6.03. The van der Waals surface area contributed by atoms with Crippen LogP contribution in [0.1, 0.15) is 55.3 Å². The molecule has 5 heteroatoms. The highest BCUT2D eigenvalue weighted by Crippen LogP contribution is 2.36. The van der Waals surface area contributed by atoms with Gasteiger partial charge in [-0.1, -0.05) is 105 Å². The topological polar surface area (TPSA) is 45.8 Å². The second-order valence-corrected chi connectivity index (χ2v) is 10.00. The van der Waals surface area contributed by atoms with Gasteiger partial charge >= 0.3 is 0 Å². The van der Waals surface area contributed by atoms with Gasteiger partial charge in [-0.3, -0.25) is 5.01 Å². The summed E-state index contributed by atoms with van der Waals surface area (Å²) in [5.74, 6) is 0.761. The Bertz CT molecular complexity index is 1580. The number of hydrogen-bond donors (Lipinski definition) is 0. The quantitative estimate of drug-likeness (QED) is 0.147. The largest absolute Gasteiger partial charge is 0.308 e. The number of hydrogen-bond acceptors (Lipinski definition) is 4. The number of aromatic nitrogens is 2. The molecule has 0 saturated heterocycles. The van der Waals surface area contributed by atoms with Gasteiger partial charge in [0, 0.05) is 19.2 Å². The molecule has 1 aliphatic heterocycles. The summed E-state index contributed by atoms with van der Waals surface area (Å²) in [7, 11) is 0. The number of unbranched alkanes of at least 4 members (excludes halogenated alkanes) is 2. The van der Waals surface area contributed by atoms with E-state index >= 15 is 0 Å². The predicted octanol–water partition coefficient (Wildman–Crippen LogP) is 8.33. The monoisotopic (exact) mass is 511 g/mol. The summed E-state index contributed by atoms with van der Waals surface area (Å²) >= 11 is 0. The van der Waals surface area contributed by atoms with Gasteiger partial charge in [-0.05, 0) is 47.4 Å². The van der Waals surface area contributed by atoms with Gasteiger partial charge in [0.05, 0.1) is 28.5 Å². The van der Waals surface area contributed by atoms with Crippen molar-refractivity contribution in [1.29, 1.82) is 0 Å². The molecule has 5 aromatic rings. The summed E-state index contributed by atoms with van der Waals surface area (Å²) in [6, 6.07) is 38.1. The van der Waals surface area contributed by atoms with Crippen molar-refractivity contribution >= 4 is 34.6 Å². The van der Waals surface area contributed by atoms with E-state index in [1.807, 2.05) is 18.3 Å². The van der Waals surface area contributed by atoms with Crippen molar-refractivity contribution in [3.8, 4) is 0 Å². The standard InChI is InChI=1S/C34H33N5/c1-2-3-12-23-38-32-18-11-10-17-30(32)36-34(38)35-25-26-19-21-29(22-20-26)39-33(28-15-8-5-9-16-28)24-31(37-39)27-13-6-4-7-14-27/h4-11,13-22,25,33H,2-3,12,23-24H2,1H3. The molecule has 0 bridgehead atoms. The van der Waals surface area contributed by atoms with E-state index in [0.717, 1.165) is 53.3 Å². The van der Waals surface area contributed by atoms with Crippen molar-refractivity contribution in [2.24, 2.45) is 10.1 Å². The van der Waals surface area contributed by atoms with Crippen molar-refractivity contribution < 1.29 is 0 Å². The Labute approximate surface area is 230 Å². The van der Waals surface area contributed by atoms with Gasteiger partial charge in [0.25, 0.3) is 0 Å². The summed E-state index contributed by atoms with van der Waals surface area (Å²) < 4.78 is 2.24. The van der Waals surface area contributed by atoms with Gasteiger partial charge in [0.1, 0.15) is 0 Å². The molecule has 1 aromatic heterocycles. The highest BCUT2D eigenvalue weighted by Gasteiger charge is 2.29. The van der Waals surface area contributed by atoms with E-state index in [4.69, 9.17) is 15.1 Å². The number of aliphatic imine (C=N–C) groups is 1. The van der Waals surface area contributed by atoms with E-state index in [2.05, 4.69) is 114 Å². The van der Waals surface area contributed by atoms with E-state index in [-0.39, 0.29) is 6.04 Å². The Balaban J connectivity index is 1.27. The lowest BCUT2D eigenvalue weighted by Crippen LogP contribution is -2.18. The van der Waals surface area contributed by atoms with Crippen LogP contribution in [-0.2, 0) is 6.54 Å². The molecule has 0 radical (unpaired) electrons. The Kier molecular flexibility index (Phi) is 7.30. The van der Waals surface area contributed by atoms with Gasteiger partial charge < -0.3 is 4.57 Å². The number of hydrazone groups is 1. The third kappa shape index (κ3) is 5.39. The third-order valence-electron chi connectivity index (χ3n) is 7.31. The van der Waals surface area contributed by atoms with Crippen LogP contribution in [0, 0.1) is 0 Å². The maximum Gasteiger partial charge on any atom is 0.230 e. The van der Waals surface area contributed by atoms with Crippen molar-refractivity contribution in [2.45, 2.75) is 45.2 Å². The van der Waals surface area contributed by atoms with Crippen molar-refractivity contribution in [3.63, 3.8) is 0 Å². The SMILES string of the molecule is CCCCCn1c(N=Cc2ccc(N3N=C(c4ccccc4)CC3c3ccccc3)cc2)nc2ccccc21. The summed E-state index contributed by atoms with van der Waals surface area (Å²) in [5.41, 5.74) is 7.78. The lowest BCUT2D eigenvalue weighted by atomic mass is 9.98. The number of aryl methyl sites for hydroxylation is 1. The van der Waals surface area contributed by atoms with Gasteiger partial charge in [0.2, 0.25) is 5.95 Å². The Morgan fingerprint density at radius 3 is 2.31 bits per heavy atom. The van der Waals surface area contributed by atoms with Crippen LogP contribution in [0.15, 0.2) is 119 Å². The van der Waals surface area contributed by atoms with Crippen molar-refractivity contribution in [2.75, 3.05) is 5.01 Å². The molecular weight excluding hydrogens is 478 g/mol. The van der Waals surface area contributed by atoms with Crippen LogP contribution in [0.2, 0.25) is 0 Å². The second kappa shape index (κ2) is 11.5. The molecular formula is C34H33N5.